The Hall–Kier alpha value is -4.16. The zero-order valence-corrected chi connectivity index (χ0v) is 18.2. The molecule has 32 heavy (non-hydrogen) atoms. The standard InChI is InChI=1S/C23H19N7OS/c1-3-8-16-13-32-23-27-18(19(30(16)23)15-9-5-4-6-10-15)14(2)26-22(31)17-20(24)28-29-12-7-11-25-21(17)29/h4-7,9-14H,1-2H3,(H2,24,28)(H,26,31)/t14-/m0/s1. The van der Waals surface area contributed by atoms with Gasteiger partial charge in [0.2, 0.25) is 0 Å². The third kappa shape index (κ3) is 3.18. The summed E-state index contributed by atoms with van der Waals surface area (Å²) in [5.41, 5.74) is 10.2. The number of carbonyl (C=O) groups excluding carboxylic acids is 1. The van der Waals surface area contributed by atoms with E-state index in [-0.39, 0.29) is 17.3 Å². The van der Waals surface area contributed by atoms with E-state index in [2.05, 4.69) is 27.2 Å². The summed E-state index contributed by atoms with van der Waals surface area (Å²) in [6.45, 7) is 3.71. The summed E-state index contributed by atoms with van der Waals surface area (Å²) in [6.07, 6.45) is 3.30. The summed E-state index contributed by atoms with van der Waals surface area (Å²) in [6, 6.07) is 11.3. The maximum atomic E-state index is 13.2. The molecule has 158 valence electrons. The minimum absolute atomic E-state index is 0.128. The van der Waals surface area contributed by atoms with Gasteiger partial charge < -0.3 is 11.1 Å². The molecule has 3 N–H and O–H groups in total. The van der Waals surface area contributed by atoms with Crippen molar-refractivity contribution in [2.24, 2.45) is 0 Å². The number of nitrogens with two attached hydrogens (primary N) is 1. The second-order valence-electron chi connectivity index (χ2n) is 7.17. The van der Waals surface area contributed by atoms with Gasteiger partial charge in [-0.05, 0) is 25.8 Å². The number of rotatable bonds is 4. The van der Waals surface area contributed by atoms with E-state index >= 15 is 0 Å². The lowest BCUT2D eigenvalue weighted by Gasteiger charge is -2.14. The fourth-order valence-corrected chi connectivity index (χ4v) is 4.55. The molecule has 0 bridgehead atoms. The van der Waals surface area contributed by atoms with E-state index in [1.165, 1.54) is 15.9 Å². The van der Waals surface area contributed by atoms with Crippen molar-refractivity contribution in [2.45, 2.75) is 19.9 Å². The van der Waals surface area contributed by atoms with Gasteiger partial charge in [-0.3, -0.25) is 9.20 Å². The van der Waals surface area contributed by atoms with Crippen molar-refractivity contribution in [3.05, 3.63) is 71.1 Å². The molecular weight excluding hydrogens is 422 g/mol. The second-order valence-corrected chi connectivity index (χ2v) is 8.01. The molecule has 0 spiro atoms. The number of imidazole rings is 1. The SMILES string of the molecule is CC#Cc1csc2nc([C@H](C)NC(=O)c3c(N)nn4cccnc34)c(-c3ccccc3)n12. The van der Waals surface area contributed by atoms with Crippen LogP contribution in [0, 0.1) is 11.8 Å². The maximum absolute atomic E-state index is 13.2. The molecule has 4 aromatic heterocycles. The molecule has 0 aliphatic carbocycles. The average molecular weight is 442 g/mol. The fourth-order valence-electron chi connectivity index (χ4n) is 3.73. The molecule has 1 aromatic carbocycles. The maximum Gasteiger partial charge on any atom is 0.259 e. The first-order valence-corrected chi connectivity index (χ1v) is 10.8. The Morgan fingerprint density at radius 2 is 2.06 bits per heavy atom. The fraction of sp³-hybridized carbons (Fsp3) is 0.130. The van der Waals surface area contributed by atoms with Gasteiger partial charge in [-0.2, -0.15) is 0 Å². The zero-order chi connectivity index (χ0) is 22.2. The predicted molar refractivity (Wildman–Crippen MR) is 124 cm³/mol. The number of hydrogen-bond acceptors (Lipinski definition) is 6. The van der Waals surface area contributed by atoms with Crippen molar-refractivity contribution < 1.29 is 4.79 Å². The van der Waals surface area contributed by atoms with Crippen LogP contribution < -0.4 is 11.1 Å². The number of amides is 1. The van der Waals surface area contributed by atoms with Crippen LogP contribution >= 0.6 is 11.3 Å². The molecule has 0 saturated heterocycles. The number of nitrogens with one attached hydrogen (secondary N) is 1. The molecule has 1 atom stereocenters. The predicted octanol–water partition coefficient (Wildman–Crippen LogP) is 3.55. The van der Waals surface area contributed by atoms with E-state index in [0.717, 1.165) is 27.6 Å². The third-order valence-corrected chi connectivity index (χ3v) is 5.92. The van der Waals surface area contributed by atoms with Gasteiger partial charge in [0.1, 0.15) is 11.3 Å². The molecule has 4 heterocycles. The number of anilines is 1. The molecule has 0 saturated carbocycles. The van der Waals surface area contributed by atoms with Crippen LogP contribution in [-0.2, 0) is 0 Å². The first kappa shape index (κ1) is 19.8. The minimum atomic E-state index is -0.398. The van der Waals surface area contributed by atoms with Crippen LogP contribution in [0.1, 0.15) is 41.6 Å². The summed E-state index contributed by atoms with van der Waals surface area (Å²) in [4.78, 5) is 23.1. The van der Waals surface area contributed by atoms with Crippen LogP contribution in [0.3, 0.4) is 0 Å². The molecule has 0 radical (unpaired) electrons. The summed E-state index contributed by atoms with van der Waals surface area (Å²) >= 11 is 1.52. The van der Waals surface area contributed by atoms with Gasteiger partial charge in [-0.1, -0.05) is 36.3 Å². The van der Waals surface area contributed by atoms with Crippen LogP contribution in [0.25, 0.3) is 21.9 Å². The minimum Gasteiger partial charge on any atom is -0.381 e. The molecular formula is C23H19N7OS. The molecule has 0 fully saturated rings. The normalized spacial score (nSPS) is 11.9. The Kier molecular flexibility index (Phi) is 4.84. The van der Waals surface area contributed by atoms with Gasteiger partial charge in [0.25, 0.3) is 5.91 Å². The Labute approximate surface area is 187 Å². The number of fused-ring (bicyclic) bond motifs is 2. The monoisotopic (exact) mass is 441 g/mol. The number of carbonyl (C=O) groups is 1. The van der Waals surface area contributed by atoms with Crippen molar-refractivity contribution >= 4 is 33.7 Å². The second kappa shape index (κ2) is 7.83. The summed E-state index contributed by atoms with van der Waals surface area (Å²) in [5.74, 6) is 5.88. The Morgan fingerprint density at radius 1 is 1.25 bits per heavy atom. The topological polar surface area (TPSA) is 103 Å². The highest BCUT2D eigenvalue weighted by Gasteiger charge is 2.26. The van der Waals surface area contributed by atoms with Gasteiger partial charge in [0, 0.05) is 23.3 Å². The number of benzene rings is 1. The summed E-state index contributed by atoms with van der Waals surface area (Å²) < 4.78 is 3.53. The lowest BCUT2D eigenvalue weighted by molar-refractivity contribution is 0.0941. The van der Waals surface area contributed by atoms with E-state index in [1.807, 2.05) is 47.0 Å². The largest absolute Gasteiger partial charge is 0.381 e. The van der Waals surface area contributed by atoms with Crippen molar-refractivity contribution in [1.29, 1.82) is 0 Å². The first-order valence-electron chi connectivity index (χ1n) is 9.96. The van der Waals surface area contributed by atoms with Crippen LogP contribution in [0.5, 0.6) is 0 Å². The van der Waals surface area contributed by atoms with Gasteiger partial charge >= 0.3 is 0 Å². The van der Waals surface area contributed by atoms with E-state index in [0.29, 0.717) is 5.65 Å². The summed E-state index contributed by atoms with van der Waals surface area (Å²) in [5, 5.41) is 9.19. The number of hydrogen-bond donors (Lipinski definition) is 2. The van der Waals surface area contributed by atoms with E-state index in [9.17, 15) is 4.79 Å². The van der Waals surface area contributed by atoms with Crippen LogP contribution in [-0.4, -0.2) is 29.9 Å². The zero-order valence-electron chi connectivity index (χ0n) is 17.4. The van der Waals surface area contributed by atoms with Gasteiger partial charge in [0.05, 0.1) is 17.4 Å². The van der Waals surface area contributed by atoms with E-state index in [1.54, 1.807) is 25.4 Å². The van der Waals surface area contributed by atoms with Gasteiger partial charge in [-0.15, -0.1) is 16.4 Å². The first-order chi connectivity index (χ1) is 15.6. The van der Waals surface area contributed by atoms with Crippen molar-refractivity contribution in [1.82, 2.24) is 29.3 Å². The van der Waals surface area contributed by atoms with Crippen molar-refractivity contribution in [2.75, 3.05) is 5.73 Å². The number of aromatic nitrogens is 5. The number of nitrogens with zero attached hydrogens (tertiary/aromatic N) is 5. The van der Waals surface area contributed by atoms with E-state index in [4.69, 9.17) is 10.7 Å². The Bertz CT molecular complexity index is 1520. The highest BCUT2D eigenvalue weighted by atomic mass is 32.1. The smallest absolute Gasteiger partial charge is 0.259 e. The molecule has 1 amide bonds. The molecule has 0 aliphatic rings. The van der Waals surface area contributed by atoms with E-state index < -0.39 is 6.04 Å². The van der Waals surface area contributed by atoms with Crippen LogP contribution in [0.2, 0.25) is 0 Å². The molecule has 8 nitrogen and oxygen atoms in total. The van der Waals surface area contributed by atoms with Crippen LogP contribution in [0.15, 0.2) is 54.2 Å². The van der Waals surface area contributed by atoms with Crippen molar-refractivity contribution in [3.8, 4) is 23.1 Å². The lowest BCUT2D eigenvalue weighted by atomic mass is 10.1. The van der Waals surface area contributed by atoms with Gasteiger partial charge in [-0.25, -0.2) is 14.5 Å². The van der Waals surface area contributed by atoms with Gasteiger partial charge in [0.15, 0.2) is 16.4 Å². The highest BCUT2D eigenvalue weighted by Crippen LogP contribution is 2.33. The summed E-state index contributed by atoms with van der Waals surface area (Å²) in [7, 11) is 0. The number of nitrogen functional groups attached to an aromatic ring is 1. The number of thiazole rings is 1. The molecule has 5 rings (SSSR count). The highest BCUT2D eigenvalue weighted by molar-refractivity contribution is 7.15. The van der Waals surface area contributed by atoms with Crippen LogP contribution in [0.4, 0.5) is 5.82 Å². The molecule has 5 aromatic rings. The average Bonchev–Trinajstić information content (AvgIpc) is 3.46. The Balaban J connectivity index is 1.59. The Morgan fingerprint density at radius 3 is 2.84 bits per heavy atom. The lowest BCUT2D eigenvalue weighted by Crippen LogP contribution is -2.28. The molecule has 9 heteroatoms. The third-order valence-electron chi connectivity index (χ3n) is 5.10. The molecule has 0 aliphatic heterocycles. The van der Waals surface area contributed by atoms with Crippen molar-refractivity contribution in [3.63, 3.8) is 0 Å². The molecule has 0 unspecified atom stereocenters. The quantitative estimate of drug-likeness (QED) is 0.415.